The van der Waals surface area contributed by atoms with E-state index in [2.05, 4.69) is 20.9 Å². The van der Waals surface area contributed by atoms with Crippen molar-refractivity contribution in [1.82, 2.24) is 10.3 Å². The first-order valence-electron chi connectivity index (χ1n) is 9.26. The molecule has 1 aliphatic rings. The van der Waals surface area contributed by atoms with Crippen LogP contribution < -0.4 is 16.0 Å². The largest absolute Gasteiger partial charge is 0.335 e. The molecule has 1 aromatic carbocycles. The molecule has 3 N–H and O–H groups in total. The van der Waals surface area contributed by atoms with Gasteiger partial charge in [0.25, 0.3) is 0 Å². The second kappa shape index (κ2) is 10.1. The van der Waals surface area contributed by atoms with E-state index >= 15 is 0 Å². The van der Waals surface area contributed by atoms with Crippen LogP contribution in [0.3, 0.4) is 0 Å². The SMILES string of the molecule is O=C(CCc1csc(NC(=O)NC2CCCCC2)n1)Nc1ccc(Cl)c(Cl)c1. The number of anilines is 2. The molecule has 0 radical (unpaired) electrons. The molecule has 0 spiro atoms. The smallest absolute Gasteiger partial charge is 0.321 e. The fourth-order valence-corrected chi connectivity index (χ4v) is 4.12. The van der Waals surface area contributed by atoms with Gasteiger partial charge in [-0.05, 0) is 37.5 Å². The van der Waals surface area contributed by atoms with Crippen molar-refractivity contribution in [2.75, 3.05) is 10.6 Å². The van der Waals surface area contributed by atoms with Gasteiger partial charge in [0.15, 0.2) is 5.13 Å². The highest BCUT2D eigenvalue weighted by Gasteiger charge is 2.16. The summed E-state index contributed by atoms with van der Waals surface area (Å²) in [7, 11) is 0. The zero-order valence-corrected chi connectivity index (χ0v) is 17.6. The van der Waals surface area contributed by atoms with Crippen LogP contribution >= 0.6 is 34.5 Å². The number of hydrogen-bond donors (Lipinski definition) is 3. The molecule has 0 atom stereocenters. The second-order valence-corrected chi connectivity index (χ2v) is 8.43. The molecule has 0 bridgehead atoms. The number of amides is 3. The Kier molecular flexibility index (Phi) is 7.53. The number of nitrogens with zero attached hydrogens (tertiary/aromatic N) is 1. The molecule has 1 aromatic heterocycles. The van der Waals surface area contributed by atoms with E-state index in [4.69, 9.17) is 23.2 Å². The van der Waals surface area contributed by atoms with E-state index < -0.39 is 0 Å². The van der Waals surface area contributed by atoms with E-state index in [0.29, 0.717) is 27.3 Å². The summed E-state index contributed by atoms with van der Waals surface area (Å²) < 4.78 is 0. The lowest BCUT2D eigenvalue weighted by atomic mass is 9.96. The molecule has 1 saturated carbocycles. The van der Waals surface area contributed by atoms with Crippen LogP contribution in [-0.4, -0.2) is 23.0 Å². The molecular weight excluding hydrogens is 419 g/mol. The monoisotopic (exact) mass is 440 g/mol. The molecule has 3 rings (SSSR count). The minimum Gasteiger partial charge on any atom is -0.335 e. The van der Waals surface area contributed by atoms with Crippen molar-refractivity contribution in [2.24, 2.45) is 0 Å². The number of thiazole rings is 1. The van der Waals surface area contributed by atoms with Gasteiger partial charge < -0.3 is 10.6 Å². The highest BCUT2D eigenvalue weighted by atomic mass is 35.5. The Morgan fingerprint density at radius 3 is 2.64 bits per heavy atom. The van der Waals surface area contributed by atoms with Gasteiger partial charge in [-0.2, -0.15) is 0 Å². The molecule has 2 aromatic rings. The molecule has 0 saturated heterocycles. The number of aryl methyl sites for hydroxylation is 1. The quantitative estimate of drug-likeness (QED) is 0.556. The lowest BCUT2D eigenvalue weighted by molar-refractivity contribution is -0.116. The lowest BCUT2D eigenvalue weighted by Crippen LogP contribution is -2.38. The topological polar surface area (TPSA) is 83.1 Å². The minimum absolute atomic E-state index is 0.143. The van der Waals surface area contributed by atoms with E-state index in [-0.39, 0.29) is 24.4 Å². The van der Waals surface area contributed by atoms with E-state index in [9.17, 15) is 9.59 Å². The Bertz CT molecular complexity index is 837. The van der Waals surface area contributed by atoms with Crippen molar-refractivity contribution in [1.29, 1.82) is 0 Å². The molecule has 150 valence electrons. The summed E-state index contributed by atoms with van der Waals surface area (Å²) in [5.74, 6) is -0.143. The standard InChI is InChI=1S/C19H22Cl2N4O2S/c20-15-8-6-13(10-16(15)21)22-17(26)9-7-14-11-28-19(24-14)25-18(27)23-12-4-2-1-3-5-12/h6,8,10-12H,1-5,7,9H2,(H,22,26)(H2,23,24,25,27). The Morgan fingerprint density at radius 1 is 1.11 bits per heavy atom. The minimum atomic E-state index is -0.217. The fourth-order valence-electron chi connectivity index (χ4n) is 3.08. The highest BCUT2D eigenvalue weighted by molar-refractivity contribution is 7.13. The first kappa shape index (κ1) is 20.9. The van der Waals surface area contributed by atoms with Gasteiger partial charge >= 0.3 is 6.03 Å². The third-order valence-electron chi connectivity index (χ3n) is 4.52. The van der Waals surface area contributed by atoms with Crippen LogP contribution in [0.15, 0.2) is 23.6 Å². The maximum atomic E-state index is 12.1. The predicted octanol–water partition coefficient (Wildman–Crippen LogP) is 5.48. The molecule has 1 aliphatic carbocycles. The van der Waals surface area contributed by atoms with Crippen molar-refractivity contribution < 1.29 is 9.59 Å². The van der Waals surface area contributed by atoms with Crippen molar-refractivity contribution >= 4 is 57.3 Å². The van der Waals surface area contributed by atoms with Gasteiger partial charge in [0, 0.05) is 23.5 Å². The second-order valence-electron chi connectivity index (χ2n) is 6.75. The van der Waals surface area contributed by atoms with Crippen LogP contribution in [0.2, 0.25) is 10.0 Å². The number of aromatic nitrogens is 1. The van der Waals surface area contributed by atoms with Crippen LogP contribution in [0, 0.1) is 0 Å². The number of hydrogen-bond acceptors (Lipinski definition) is 4. The van der Waals surface area contributed by atoms with Crippen LogP contribution in [0.4, 0.5) is 15.6 Å². The van der Waals surface area contributed by atoms with Crippen LogP contribution in [-0.2, 0) is 11.2 Å². The Morgan fingerprint density at radius 2 is 1.89 bits per heavy atom. The third-order valence-corrected chi connectivity index (χ3v) is 6.07. The molecule has 0 aliphatic heterocycles. The zero-order valence-electron chi connectivity index (χ0n) is 15.3. The molecule has 0 unspecified atom stereocenters. The van der Waals surface area contributed by atoms with Crippen molar-refractivity contribution in [3.05, 3.63) is 39.3 Å². The summed E-state index contributed by atoms with van der Waals surface area (Å²) in [5.41, 5.74) is 1.36. The fraction of sp³-hybridized carbons (Fsp3) is 0.421. The summed E-state index contributed by atoms with van der Waals surface area (Å²) in [6, 6.07) is 4.97. The van der Waals surface area contributed by atoms with Crippen LogP contribution in [0.25, 0.3) is 0 Å². The van der Waals surface area contributed by atoms with E-state index in [1.54, 1.807) is 18.2 Å². The molecule has 9 heteroatoms. The first-order valence-corrected chi connectivity index (χ1v) is 10.9. The lowest BCUT2D eigenvalue weighted by Gasteiger charge is -2.22. The third kappa shape index (κ3) is 6.36. The Hall–Kier alpha value is -1.83. The summed E-state index contributed by atoms with van der Waals surface area (Å²) in [5, 5.41) is 11.8. The van der Waals surface area contributed by atoms with Gasteiger partial charge in [0.1, 0.15) is 0 Å². The number of carbonyl (C=O) groups excluding carboxylic acids is 2. The van der Waals surface area contributed by atoms with E-state index in [0.717, 1.165) is 31.4 Å². The van der Waals surface area contributed by atoms with Crippen LogP contribution in [0.5, 0.6) is 0 Å². The van der Waals surface area contributed by atoms with Gasteiger partial charge in [-0.3, -0.25) is 10.1 Å². The molecule has 1 fully saturated rings. The van der Waals surface area contributed by atoms with Gasteiger partial charge in [-0.15, -0.1) is 11.3 Å². The summed E-state index contributed by atoms with van der Waals surface area (Å²) in [6.45, 7) is 0. The number of benzene rings is 1. The average Bonchev–Trinajstić information content (AvgIpc) is 3.11. The summed E-state index contributed by atoms with van der Waals surface area (Å²) in [6.07, 6.45) is 6.39. The van der Waals surface area contributed by atoms with E-state index in [1.165, 1.54) is 17.8 Å². The first-order chi connectivity index (χ1) is 13.5. The van der Waals surface area contributed by atoms with Gasteiger partial charge in [0.2, 0.25) is 5.91 Å². The molecule has 1 heterocycles. The number of urea groups is 1. The summed E-state index contributed by atoms with van der Waals surface area (Å²) in [4.78, 5) is 28.5. The number of halogens is 2. The zero-order chi connectivity index (χ0) is 19.9. The Labute approximate surface area is 178 Å². The van der Waals surface area contributed by atoms with Gasteiger partial charge in [-0.1, -0.05) is 42.5 Å². The van der Waals surface area contributed by atoms with Crippen molar-refractivity contribution in [3.63, 3.8) is 0 Å². The van der Waals surface area contributed by atoms with Gasteiger partial charge in [-0.25, -0.2) is 9.78 Å². The highest BCUT2D eigenvalue weighted by Crippen LogP contribution is 2.25. The summed E-state index contributed by atoms with van der Waals surface area (Å²) >= 11 is 13.2. The predicted molar refractivity (Wildman–Crippen MR) is 115 cm³/mol. The van der Waals surface area contributed by atoms with Crippen molar-refractivity contribution in [2.45, 2.75) is 51.0 Å². The van der Waals surface area contributed by atoms with Crippen molar-refractivity contribution in [3.8, 4) is 0 Å². The average molecular weight is 441 g/mol. The van der Waals surface area contributed by atoms with Gasteiger partial charge in [0.05, 0.1) is 15.7 Å². The molecule has 6 nitrogen and oxygen atoms in total. The maximum Gasteiger partial charge on any atom is 0.321 e. The maximum absolute atomic E-state index is 12.1. The number of rotatable bonds is 6. The molecule has 28 heavy (non-hydrogen) atoms. The molecule has 3 amide bonds. The van der Waals surface area contributed by atoms with Crippen LogP contribution in [0.1, 0.15) is 44.2 Å². The number of nitrogens with one attached hydrogen (secondary N) is 3. The number of carbonyl (C=O) groups is 2. The van der Waals surface area contributed by atoms with E-state index in [1.807, 2.05) is 5.38 Å². The normalized spacial score (nSPS) is 14.5. The molecular formula is C19H22Cl2N4O2S. The Balaban J connectivity index is 1.42.